The summed E-state index contributed by atoms with van der Waals surface area (Å²) in [5.74, 6) is 2.86. The molecular weight excluding hydrogens is 294 g/mol. The topological polar surface area (TPSA) is 29.1 Å². The number of halogens is 1. The molecule has 0 heterocycles. The van der Waals surface area contributed by atoms with Gasteiger partial charge in [-0.25, -0.2) is 0 Å². The zero-order chi connectivity index (χ0) is 15.3. The number of amides is 1. The Bertz CT molecular complexity index is 574. The lowest BCUT2D eigenvalue weighted by molar-refractivity contribution is -0.124. The molecule has 1 amide bonds. The van der Waals surface area contributed by atoms with E-state index in [0.717, 1.165) is 29.0 Å². The van der Waals surface area contributed by atoms with Gasteiger partial charge in [0, 0.05) is 17.1 Å². The van der Waals surface area contributed by atoms with Crippen LogP contribution in [0.4, 0.5) is 5.69 Å². The minimum absolute atomic E-state index is 0.168. The number of carbonyl (C=O) groups excluding carboxylic acids is 1. The fraction of sp³-hybridized carbons (Fsp3) is 0.632. The van der Waals surface area contributed by atoms with Gasteiger partial charge in [0.25, 0.3) is 0 Å². The molecule has 1 aromatic rings. The largest absolute Gasteiger partial charge is 0.326 e. The number of rotatable bonds is 3. The molecule has 4 aliphatic carbocycles. The summed E-state index contributed by atoms with van der Waals surface area (Å²) in [5, 5.41) is 3.78. The van der Waals surface area contributed by atoms with Gasteiger partial charge in [0.05, 0.1) is 0 Å². The van der Waals surface area contributed by atoms with E-state index in [1.807, 2.05) is 25.1 Å². The van der Waals surface area contributed by atoms with Crippen molar-refractivity contribution in [2.24, 2.45) is 23.2 Å². The van der Waals surface area contributed by atoms with E-state index in [4.69, 9.17) is 11.6 Å². The molecule has 22 heavy (non-hydrogen) atoms. The maximum Gasteiger partial charge on any atom is 0.224 e. The van der Waals surface area contributed by atoms with Crippen molar-refractivity contribution in [1.29, 1.82) is 0 Å². The van der Waals surface area contributed by atoms with Gasteiger partial charge in [0.15, 0.2) is 0 Å². The van der Waals surface area contributed by atoms with E-state index in [-0.39, 0.29) is 5.91 Å². The molecule has 0 spiro atoms. The molecule has 0 saturated heterocycles. The zero-order valence-corrected chi connectivity index (χ0v) is 14.0. The molecule has 1 N–H and O–H groups in total. The van der Waals surface area contributed by atoms with Crippen molar-refractivity contribution < 1.29 is 4.79 Å². The molecule has 4 aliphatic rings. The van der Waals surface area contributed by atoms with Gasteiger partial charge in [-0.2, -0.15) is 0 Å². The smallest absolute Gasteiger partial charge is 0.224 e. The first-order valence-electron chi connectivity index (χ1n) is 8.57. The van der Waals surface area contributed by atoms with Gasteiger partial charge in [-0.15, -0.1) is 0 Å². The molecule has 0 unspecified atom stereocenters. The third-order valence-corrected chi connectivity index (χ3v) is 6.56. The summed E-state index contributed by atoms with van der Waals surface area (Å²) in [4.78, 5) is 12.5. The maximum absolute atomic E-state index is 12.5. The number of hydrogen-bond acceptors (Lipinski definition) is 1. The number of benzene rings is 1. The van der Waals surface area contributed by atoms with Gasteiger partial charge >= 0.3 is 0 Å². The summed E-state index contributed by atoms with van der Waals surface area (Å²) in [6.45, 7) is 1.98. The average molecular weight is 318 g/mol. The van der Waals surface area contributed by atoms with Crippen molar-refractivity contribution in [3.05, 3.63) is 28.8 Å². The summed E-state index contributed by atoms with van der Waals surface area (Å²) in [7, 11) is 0. The molecule has 4 fully saturated rings. The van der Waals surface area contributed by atoms with E-state index in [2.05, 4.69) is 5.32 Å². The SMILES string of the molecule is Cc1ccc(NC(=O)CC23CC4CC(CC(C4)C2)C3)cc1Cl. The van der Waals surface area contributed by atoms with E-state index in [0.29, 0.717) is 16.9 Å². The predicted molar refractivity (Wildman–Crippen MR) is 90.0 cm³/mol. The second-order valence-electron chi connectivity index (χ2n) is 8.11. The number of hydrogen-bond donors (Lipinski definition) is 1. The molecule has 1 aromatic carbocycles. The number of nitrogens with one attached hydrogen (secondary N) is 1. The molecule has 118 valence electrons. The first kappa shape index (κ1) is 14.6. The van der Waals surface area contributed by atoms with Gasteiger partial charge in [-0.3, -0.25) is 4.79 Å². The Hall–Kier alpha value is -1.02. The number of anilines is 1. The third-order valence-electron chi connectivity index (χ3n) is 6.16. The van der Waals surface area contributed by atoms with Crippen LogP contribution in [0.25, 0.3) is 0 Å². The molecule has 4 saturated carbocycles. The Kier molecular flexibility index (Phi) is 3.48. The Balaban J connectivity index is 1.44. The molecular formula is C19H24ClNO. The van der Waals surface area contributed by atoms with Crippen LogP contribution in [-0.4, -0.2) is 5.91 Å². The molecule has 4 bridgehead atoms. The monoisotopic (exact) mass is 317 g/mol. The highest BCUT2D eigenvalue weighted by atomic mass is 35.5. The number of carbonyl (C=O) groups is 1. The van der Waals surface area contributed by atoms with E-state index in [1.165, 1.54) is 38.5 Å². The van der Waals surface area contributed by atoms with E-state index in [1.54, 1.807) is 0 Å². The van der Waals surface area contributed by atoms with Crippen LogP contribution in [0.1, 0.15) is 50.5 Å². The Labute approximate surface area is 137 Å². The van der Waals surface area contributed by atoms with Gasteiger partial charge in [-0.05, 0) is 86.3 Å². The normalized spacial score (nSPS) is 35.6. The van der Waals surface area contributed by atoms with Crippen LogP contribution in [0.3, 0.4) is 0 Å². The third kappa shape index (κ3) is 2.67. The van der Waals surface area contributed by atoms with Crippen molar-refractivity contribution in [2.75, 3.05) is 5.32 Å². The van der Waals surface area contributed by atoms with Crippen LogP contribution in [0.2, 0.25) is 5.02 Å². The quantitative estimate of drug-likeness (QED) is 0.816. The maximum atomic E-state index is 12.5. The van der Waals surface area contributed by atoms with E-state index < -0.39 is 0 Å². The molecule has 5 rings (SSSR count). The fourth-order valence-electron chi connectivity index (χ4n) is 5.72. The van der Waals surface area contributed by atoms with Crippen LogP contribution < -0.4 is 5.32 Å². The second kappa shape index (κ2) is 5.26. The highest BCUT2D eigenvalue weighted by Gasteiger charge is 2.51. The summed E-state index contributed by atoms with van der Waals surface area (Å²) in [6, 6.07) is 5.76. The average Bonchev–Trinajstić information content (AvgIpc) is 2.40. The van der Waals surface area contributed by atoms with Gasteiger partial charge < -0.3 is 5.32 Å². The lowest BCUT2D eigenvalue weighted by Crippen LogP contribution is -2.47. The van der Waals surface area contributed by atoms with E-state index >= 15 is 0 Å². The van der Waals surface area contributed by atoms with Crippen LogP contribution in [-0.2, 0) is 4.79 Å². The highest BCUT2D eigenvalue weighted by molar-refractivity contribution is 6.31. The summed E-state index contributed by atoms with van der Waals surface area (Å²) in [5.41, 5.74) is 2.17. The van der Waals surface area contributed by atoms with E-state index in [9.17, 15) is 4.79 Å². The first-order chi connectivity index (χ1) is 10.5. The lowest BCUT2D eigenvalue weighted by atomic mass is 9.49. The Morgan fingerprint density at radius 1 is 1.18 bits per heavy atom. The molecule has 0 aromatic heterocycles. The van der Waals surface area contributed by atoms with Crippen LogP contribution in [0, 0.1) is 30.1 Å². The van der Waals surface area contributed by atoms with Gasteiger partial charge in [0.2, 0.25) is 5.91 Å². The first-order valence-corrected chi connectivity index (χ1v) is 8.95. The number of aryl methyl sites for hydroxylation is 1. The Morgan fingerprint density at radius 3 is 2.32 bits per heavy atom. The molecule has 0 atom stereocenters. The molecule has 2 nitrogen and oxygen atoms in total. The van der Waals surface area contributed by atoms with Crippen LogP contribution in [0.15, 0.2) is 18.2 Å². The minimum Gasteiger partial charge on any atom is -0.326 e. The lowest BCUT2D eigenvalue weighted by Gasteiger charge is -2.56. The summed E-state index contributed by atoms with van der Waals surface area (Å²) in [6.07, 6.45) is 8.81. The standard InChI is InChI=1S/C19H24ClNO/c1-12-2-3-16(7-17(12)20)21-18(22)11-19-8-13-4-14(9-19)6-15(5-13)10-19/h2-3,7,13-15H,4-6,8-11H2,1H3,(H,21,22). The van der Waals surface area contributed by atoms with Crippen molar-refractivity contribution in [3.63, 3.8) is 0 Å². The predicted octanol–water partition coefficient (Wildman–Crippen LogP) is 5.19. The summed E-state index contributed by atoms with van der Waals surface area (Å²) >= 11 is 6.15. The Morgan fingerprint density at radius 2 is 1.77 bits per heavy atom. The van der Waals surface area contributed by atoms with Crippen molar-refractivity contribution >= 4 is 23.2 Å². The molecule has 0 radical (unpaired) electrons. The minimum atomic E-state index is 0.168. The van der Waals surface area contributed by atoms with Crippen molar-refractivity contribution in [3.8, 4) is 0 Å². The fourth-order valence-corrected chi connectivity index (χ4v) is 5.90. The second-order valence-corrected chi connectivity index (χ2v) is 8.51. The van der Waals surface area contributed by atoms with Gasteiger partial charge in [-0.1, -0.05) is 17.7 Å². The van der Waals surface area contributed by atoms with Crippen LogP contribution >= 0.6 is 11.6 Å². The van der Waals surface area contributed by atoms with Gasteiger partial charge in [0.1, 0.15) is 0 Å². The van der Waals surface area contributed by atoms with Crippen LogP contribution in [0.5, 0.6) is 0 Å². The van der Waals surface area contributed by atoms with Crippen molar-refractivity contribution in [2.45, 2.75) is 51.9 Å². The van der Waals surface area contributed by atoms with Crippen molar-refractivity contribution in [1.82, 2.24) is 0 Å². The summed E-state index contributed by atoms with van der Waals surface area (Å²) < 4.78 is 0. The highest BCUT2D eigenvalue weighted by Crippen LogP contribution is 2.61. The molecule has 0 aliphatic heterocycles. The zero-order valence-electron chi connectivity index (χ0n) is 13.2. The molecule has 3 heteroatoms.